The summed E-state index contributed by atoms with van der Waals surface area (Å²) in [6, 6.07) is 9.35. The molecule has 1 heteroatoms. The van der Waals surface area contributed by atoms with E-state index in [-0.39, 0.29) is 0 Å². The summed E-state index contributed by atoms with van der Waals surface area (Å²) in [6.07, 6.45) is 3.41. The Morgan fingerprint density at radius 2 is 2.25 bits per heavy atom. The summed E-state index contributed by atoms with van der Waals surface area (Å²) >= 11 is 0. The molecule has 2 unspecified atom stereocenters. The number of hydrogen-bond acceptors (Lipinski definition) is 1. The monoisotopic (exact) mass is 215 g/mol. The highest BCUT2D eigenvalue weighted by Gasteiger charge is 2.31. The number of fused-ring (bicyclic) bond motifs is 1. The smallest absolute Gasteiger partial charge is 0.0173 e. The van der Waals surface area contributed by atoms with E-state index in [1.807, 2.05) is 0 Å². The third-order valence-electron chi connectivity index (χ3n) is 3.76. The van der Waals surface area contributed by atoms with Crippen LogP contribution in [0.3, 0.4) is 0 Å². The Morgan fingerprint density at radius 3 is 2.88 bits per heavy atom. The SMILES string of the molecule is C=C(CC)CC(NC)C1Cc2ccccc21. The van der Waals surface area contributed by atoms with Crippen LogP contribution >= 0.6 is 0 Å². The Kier molecular flexibility index (Phi) is 3.45. The van der Waals surface area contributed by atoms with E-state index in [2.05, 4.69) is 50.1 Å². The molecule has 2 atom stereocenters. The lowest BCUT2D eigenvalue weighted by Gasteiger charge is -2.37. The normalized spacial score (nSPS) is 19.8. The van der Waals surface area contributed by atoms with Gasteiger partial charge in [0.25, 0.3) is 0 Å². The summed E-state index contributed by atoms with van der Waals surface area (Å²) in [4.78, 5) is 0. The minimum absolute atomic E-state index is 0.558. The van der Waals surface area contributed by atoms with Crippen molar-refractivity contribution in [1.82, 2.24) is 5.32 Å². The van der Waals surface area contributed by atoms with Crippen LogP contribution in [-0.4, -0.2) is 13.1 Å². The Hall–Kier alpha value is -1.08. The largest absolute Gasteiger partial charge is 0.316 e. The molecule has 16 heavy (non-hydrogen) atoms. The molecular weight excluding hydrogens is 194 g/mol. The van der Waals surface area contributed by atoms with Gasteiger partial charge in [0.2, 0.25) is 0 Å². The third-order valence-corrected chi connectivity index (χ3v) is 3.76. The fraction of sp³-hybridized carbons (Fsp3) is 0.467. The van der Waals surface area contributed by atoms with Gasteiger partial charge in [-0.3, -0.25) is 0 Å². The highest BCUT2D eigenvalue weighted by atomic mass is 14.9. The Labute approximate surface area is 98.6 Å². The predicted octanol–water partition coefficient (Wildman–Crippen LogP) is 3.27. The van der Waals surface area contributed by atoms with Crippen molar-refractivity contribution in [2.75, 3.05) is 7.05 Å². The van der Waals surface area contributed by atoms with Gasteiger partial charge in [0.15, 0.2) is 0 Å². The molecule has 1 N–H and O–H groups in total. The van der Waals surface area contributed by atoms with Gasteiger partial charge >= 0.3 is 0 Å². The van der Waals surface area contributed by atoms with Gasteiger partial charge in [-0.05, 0) is 37.4 Å². The van der Waals surface area contributed by atoms with Crippen LogP contribution in [0, 0.1) is 0 Å². The fourth-order valence-electron chi connectivity index (χ4n) is 2.56. The van der Waals surface area contributed by atoms with Gasteiger partial charge in [-0.1, -0.05) is 43.3 Å². The first-order chi connectivity index (χ1) is 7.76. The van der Waals surface area contributed by atoms with Gasteiger partial charge in [-0.25, -0.2) is 0 Å². The minimum Gasteiger partial charge on any atom is -0.316 e. The molecule has 1 aliphatic carbocycles. The van der Waals surface area contributed by atoms with Crippen LogP contribution in [0.1, 0.15) is 36.8 Å². The summed E-state index contributed by atoms with van der Waals surface area (Å²) in [5.74, 6) is 0.685. The minimum atomic E-state index is 0.558. The number of hydrogen-bond donors (Lipinski definition) is 1. The third kappa shape index (κ3) is 2.05. The first-order valence-corrected chi connectivity index (χ1v) is 6.18. The Bertz CT molecular complexity index is 381. The van der Waals surface area contributed by atoms with Crippen LogP contribution < -0.4 is 5.32 Å². The van der Waals surface area contributed by atoms with Crippen LogP contribution in [-0.2, 0) is 6.42 Å². The molecule has 1 aliphatic rings. The highest BCUT2D eigenvalue weighted by molar-refractivity contribution is 5.41. The van der Waals surface area contributed by atoms with E-state index in [0.29, 0.717) is 12.0 Å². The second-order valence-corrected chi connectivity index (χ2v) is 4.71. The summed E-state index contributed by atoms with van der Waals surface area (Å²) in [7, 11) is 2.06. The first kappa shape index (κ1) is 11.4. The number of nitrogens with one attached hydrogen (secondary N) is 1. The van der Waals surface area contributed by atoms with Crippen LogP contribution in [0.4, 0.5) is 0 Å². The van der Waals surface area contributed by atoms with Crippen molar-refractivity contribution in [1.29, 1.82) is 0 Å². The van der Waals surface area contributed by atoms with Crippen LogP contribution in [0.25, 0.3) is 0 Å². The van der Waals surface area contributed by atoms with Gasteiger partial charge in [-0.2, -0.15) is 0 Å². The molecule has 1 aromatic rings. The van der Waals surface area contributed by atoms with E-state index < -0.39 is 0 Å². The molecule has 0 aromatic heterocycles. The molecule has 1 aromatic carbocycles. The molecule has 1 nitrogen and oxygen atoms in total. The zero-order chi connectivity index (χ0) is 11.5. The second-order valence-electron chi connectivity index (χ2n) is 4.71. The van der Waals surface area contributed by atoms with Gasteiger partial charge in [0.1, 0.15) is 0 Å². The quantitative estimate of drug-likeness (QED) is 0.743. The molecule has 0 aliphatic heterocycles. The standard InChI is InChI=1S/C15H21N/c1-4-11(2)9-15(16-3)14-10-12-7-5-6-8-13(12)14/h5-8,14-16H,2,4,9-10H2,1,3H3. The van der Waals surface area contributed by atoms with Gasteiger partial charge in [-0.15, -0.1) is 0 Å². The molecule has 0 heterocycles. The van der Waals surface area contributed by atoms with Crippen molar-refractivity contribution >= 4 is 0 Å². The maximum Gasteiger partial charge on any atom is 0.0173 e. The molecule has 0 saturated heterocycles. The van der Waals surface area contributed by atoms with Crippen molar-refractivity contribution in [3.8, 4) is 0 Å². The lowest BCUT2D eigenvalue weighted by atomic mass is 9.72. The van der Waals surface area contributed by atoms with Crippen LogP contribution in [0.15, 0.2) is 36.4 Å². The first-order valence-electron chi connectivity index (χ1n) is 6.18. The average Bonchev–Trinajstić information content (AvgIpc) is 2.29. The molecule has 0 saturated carbocycles. The zero-order valence-electron chi connectivity index (χ0n) is 10.3. The van der Waals surface area contributed by atoms with Crippen molar-refractivity contribution < 1.29 is 0 Å². The number of likely N-dealkylation sites (N-methyl/N-ethyl adjacent to an activating group) is 1. The molecule has 86 valence electrons. The summed E-state index contributed by atoms with van der Waals surface area (Å²) in [5.41, 5.74) is 4.41. The molecule has 0 radical (unpaired) electrons. The van der Waals surface area contributed by atoms with E-state index in [9.17, 15) is 0 Å². The number of rotatable bonds is 5. The highest BCUT2D eigenvalue weighted by Crippen LogP contribution is 2.38. The van der Waals surface area contributed by atoms with Crippen molar-refractivity contribution in [3.63, 3.8) is 0 Å². The van der Waals surface area contributed by atoms with Crippen LogP contribution in [0.2, 0.25) is 0 Å². The molecule has 0 fully saturated rings. The van der Waals surface area contributed by atoms with Gasteiger partial charge in [0.05, 0.1) is 0 Å². The molecular formula is C15H21N. The summed E-state index contributed by atoms with van der Waals surface area (Å²) < 4.78 is 0. The zero-order valence-corrected chi connectivity index (χ0v) is 10.3. The maximum absolute atomic E-state index is 4.12. The van der Waals surface area contributed by atoms with Gasteiger partial charge in [0, 0.05) is 12.0 Å². The summed E-state index contributed by atoms with van der Waals surface area (Å²) in [5, 5.41) is 3.45. The van der Waals surface area contributed by atoms with E-state index >= 15 is 0 Å². The maximum atomic E-state index is 4.12. The lowest BCUT2D eigenvalue weighted by Crippen LogP contribution is -2.38. The Balaban J connectivity index is 2.06. The molecule has 0 bridgehead atoms. The number of benzene rings is 1. The molecule has 2 rings (SSSR count). The van der Waals surface area contributed by atoms with E-state index in [1.54, 1.807) is 0 Å². The molecule has 0 amide bonds. The fourth-order valence-corrected chi connectivity index (χ4v) is 2.56. The van der Waals surface area contributed by atoms with Crippen molar-refractivity contribution in [2.24, 2.45) is 0 Å². The predicted molar refractivity (Wildman–Crippen MR) is 69.8 cm³/mol. The molecule has 0 spiro atoms. The average molecular weight is 215 g/mol. The topological polar surface area (TPSA) is 12.0 Å². The van der Waals surface area contributed by atoms with E-state index in [0.717, 1.165) is 12.8 Å². The van der Waals surface area contributed by atoms with Gasteiger partial charge < -0.3 is 5.32 Å². The van der Waals surface area contributed by atoms with Crippen molar-refractivity contribution in [2.45, 2.75) is 38.1 Å². The van der Waals surface area contributed by atoms with Crippen LogP contribution in [0.5, 0.6) is 0 Å². The summed E-state index contributed by atoms with van der Waals surface area (Å²) in [6.45, 7) is 6.30. The van der Waals surface area contributed by atoms with E-state index in [4.69, 9.17) is 0 Å². The second kappa shape index (κ2) is 4.84. The lowest BCUT2D eigenvalue weighted by molar-refractivity contribution is 0.419. The van der Waals surface area contributed by atoms with E-state index in [1.165, 1.54) is 23.1 Å². The Morgan fingerprint density at radius 1 is 1.50 bits per heavy atom. The van der Waals surface area contributed by atoms with Crippen molar-refractivity contribution in [3.05, 3.63) is 47.5 Å².